The first-order chi connectivity index (χ1) is 8.74. The van der Waals surface area contributed by atoms with E-state index in [9.17, 15) is 4.79 Å². The smallest absolute Gasteiger partial charge is 0.328 e. The molecule has 0 amide bonds. The Bertz CT molecular complexity index is 539. The number of rotatable bonds is 4. The lowest BCUT2D eigenvalue weighted by atomic mass is 10.0. The quantitative estimate of drug-likeness (QED) is 0.829. The van der Waals surface area contributed by atoms with Crippen LogP contribution in [0.25, 0.3) is 6.08 Å². The van der Waals surface area contributed by atoms with Crippen LogP contribution >= 0.6 is 0 Å². The first-order valence-electron chi connectivity index (χ1n) is 5.78. The molecule has 0 bridgehead atoms. The van der Waals surface area contributed by atoms with Crippen molar-refractivity contribution < 1.29 is 9.90 Å². The molecule has 1 N–H and O–H groups in total. The molecule has 0 unspecified atom stereocenters. The fraction of sp³-hybridized carbons (Fsp3) is 0.0625. The summed E-state index contributed by atoms with van der Waals surface area (Å²) in [5, 5.41) is 8.54. The first-order valence-corrected chi connectivity index (χ1v) is 5.78. The Kier molecular flexibility index (Phi) is 3.92. The second kappa shape index (κ2) is 5.82. The van der Waals surface area contributed by atoms with Gasteiger partial charge in [0.05, 0.1) is 0 Å². The van der Waals surface area contributed by atoms with E-state index in [1.165, 1.54) is 11.1 Å². The van der Waals surface area contributed by atoms with E-state index in [2.05, 4.69) is 12.1 Å². The van der Waals surface area contributed by atoms with Crippen LogP contribution in [0.3, 0.4) is 0 Å². The highest BCUT2D eigenvalue weighted by Gasteiger charge is 1.96. The molecule has 2 rings (SSSR count). The van der Waals surface area contributed by atoms with Gasteiger partial charge < -0.3 is 5.11 Å². The number of carboxylic acids is 1. The minimum absolute atomic E-state index is 0.893. The molecule has 2 nitrogen and oxygen atoms in total. The van der Waals surface area contributed by atoms with Crippen molar-refractivity contribution in [2.24, 2.45) is 0 Å². The Hall–Kier alpha value is -2.35. The third-order valence-electron chi connectivity index (χ3n) is 2.65. The van der Waals surface area contributed by atoms with Crippen molar-refractivity contribution in [2.75, 3.05) is 0 Å². The molecule has 0 aliphatic heterocycles. The highest BCUT2D eigenvalue weighted by atomic mass is 16.4. The van der Waals surface area contributed by atoms with Gasteiger partial charge in [-0.05, 0) is 29.2 Å². The maximum absolute atomic E-state index is 10.4. The number of hydrogen-bond acceptors (Lipinski definition) is 1. The van der Waals surface area contributed by atoms with E-state index in [4.69, 9.17) is 5.11 Å². The van der Waals surface area contributed by atoms with Crippen LogP contribution < -0.4 is 0 Å². The maximum atomic E-state index is 10.4. The normalized spacial score (nSPS) is 10.7. The molecule has 0 radical (unpaired) electrons. The predicted octanol–water partition coefficient (Wildman–Crippen LogP) is 3.38. The lowest BCUT2D eigenvalue weighted by Crippen LogP contribution is -1.88. The zero-order valence-corrected chi connectivity index (χ0v) is 9.91. The van der Waals surface area contributed by atoms with E-state index in [1.807, 2.05) is 42.5 Å². The van der Waals surface area contributed by atoms with Gasteiger partial charge >= 0.3 is 5.97 Å². The predicted molar refractivity (Wildman–Crippen MR) is 72.4 cm³/mol. The summed E-state index contributed by atoms with van der Waals surface area (Å²) in [5.74, 6) is -0.927. The average molecular weight is 238 g/mol. The van der Waals surface area contributed by atoms with Crippen LogP contribution in [0.4, 0.5) is 0 Å². The summed E-state index contributed by atoms with van der Waals surface area (Å²) in [6.45, 7) is 0. The van der Waals surface area contributed by atoms with E-state index in [1.54, 1.807) is 6.08 Å². The topological polar surface area (TPSA) is 37.3 Å². The van der Waals surface area contributed by atoms with Crippen molar-refractivity contribution >= 4 is 12.0 Å². The van der Waals surface area contributed by atoms with Gasteiger partial charge in [-0.25, -0.2) is 4.79 Å². The van der Waals surface area contributed by atoms with E-state index in [0.717, 1.165) is 18.1 Å². The summed E-state index contributed by atoms with van der Waals surface area (Å²) in [7, 11) is 0. The van der Waals surface area contributed by atoms with Gasteiger partial charge in [0.15, 0.2) is 0 Å². The Morgan fingerprint density at radius 3 is 2.17 bits per heavy atom. The number of benzene rings is 2. The lowest BCUT2D eigenvalue weighted by molar-refractivity contribution is -0.131. The average Bonchev–Trinajstić information content (AvgIpc) is 2.39. The highest BCUT2D eigenvalue weighted by molar-refractivity contribution is 5.85. The Labute approximate surface area is 106 Å². The van der Waals surface area contributed by atoms with Gasteiger partial charge in [-0.2, -0.15) is 0 Å². The van der Waals surface area contributed by atoms with Crippen molar-refractivity contribution in [2.45, 2.75) is 6.42 Å². The van der Waals surface area contributed by atoms with Crippen LogP contribution in [0.5, 0.6) is 0 Å². The number of hydrogen-bond donors (Lipinski definition) is 1. The number of carboxylic acid groups (broad SMARTS) is 1. The monoisotopic (exact) mass is 238 g/mol. The van der Waals surface area contributed by atoms with E-state index < -0.39 is 5.97 Å². The van der Waals surface area contributed by atoms with Gasteiger partial charge in [-0.3, -0.25) is 0 Å². The second-order valence-corrected chi connectivity index (χ2v) is 4.08. The third-order valence-corrected chi connectivity index (χ3v) is 2.65. The van der Waals surface area contributed by atoms with Gasteiger partial charge in [0.2, 0.25) is 0 Å². The Morgan fingerprint density at radius 2 is 1.56 bits per heavy atom. The molecule has 2 aromatic carbocycles. The summed E-state index contributed by atoms with van der Waals surface area (Å²) in [6.07, 6.45) is 3.63. The minimum atomic E-state index is -0.927. The molecule has 0 aliphatic carbocycles. The SMILES string of the molecule is O=C(O)C=Cc1ccc(Cc2ccccc2)cc1. The van der Waals surface area contributed by atoms with Crippen molar-refractivity contribution in [3.8, 4) is 0 Å². The lowest BCUT2D eigenvalue weighted by Gasteiger charge is -2.02. The van der Waals surface area contributed by atoms with Crippen LogP contribution in [-0.4, -0.2) is 11.1 Å². The molecule has 0 aromatic heterocycles. The van der Waals surface area contributed by atoms with Crippen LogP contribution in [0.1, 0.15) is 16.7 Å². The van der Waals surface area contributed by atoms with Crippen molar-refractivity contribution in [3.05, 3.63) is 77.4 Å². The van der Waals surface area contributed by atoms with Gasteiger partial charge in [0.1, 0.15) is 0 Å². The molecule has 0 heterocycles. The summed E-state index contributed by atoms with van der Waals surface area (Å²) in [4.78, 5) is 10.4. The van der Waals surface area contributed by atoms with Gasteiger partial charge in [0.25, 0.3) is 0 Å². The molecule has 2 aromatic rings. The van der Waals surface area contributed by atoms with E-state index in [0.29, 0.717) is 0 Å². The molecule has 0 spiro atoms. The zero-order chi connectivity index (χ0) is 12.8. The van der Waals surface area contributed by atoms with Crippen molar-refractivity contribution in [1.29, 1.82) is 0 Å². The molecule has 90 valence electrons. The fourth-order valence-corrected chi connectivity index (χ4v) is 1.75. The molecule has 18 heavy (non-hydrogen) atoms. The molecule has 2 heteroatoms. The molecule has 0 atom stereocenters. The summed E-state index contributed by atoms with van der Waals surface area (Å²) < 4.78 is 0. The van der Waals surface area contributed by atoms with Crippen LogP contribution in [0.2, 0.25) is 0 Å². The number of aliphatic carboxylic acids is 1. The molecular weight excluding hydrogens is 224 g/mol. The van der Waals surface area contributed by atoms with Crippen LogP contribution in [0.15, 0.2) is 60.7 Å². The molecule has 0 saturated heterocycles. The Balaban J connectivity index is 2.06. The largest absolute Gasteiger partial charge is 0.478 e. The summed E-state index contributed by atoms with van der Waals surface area (Å²) in [6, 6.07) is 18.1. The Morgan fingerprint density at radius 1 is 0.944 bits per heavy atom. The van der Waals surface area contributed by atoms with Gasteiger partial charge in [-0.15, -0.1) is 0 Å². The van der Waals surface area contributed by atoms with E-state index in [-0.39, 0.29) is 0 Å². The second-order valence-electron chi connectivity index (χ2n) is 4.08. The third kappa shape index (κ3) is 3.59. The highest BCUT2D eigenvalue weighted by Crippen LogP contribution is 2.11. The maximum Gasteiger partial charge on any atom is 0.328 e. The van der Waals surface area contributed by atoms with Gasteiger partial charge in [0, 0.05) is 6.08 Å². The zero-order valence-electron chi connectivity index (χ0n) is 9.91. The summed E-state index contributed by atoms with van der Waals surface area (Å²) in [5.41, 5.74) is 3.38. The number of carbonyl (C=O) groups is 1. The van der Waals surface area contributed by atoms with Crippen molar-refractivity contribution in [1.82, 2.24) is 0 Å². The molecular formula is C16H14O2. The first kappa shape index (κ1) is 12.1. The van der Waals surface area contributed by atoms with Crippen molar-refractivity contribution in [3.63, 3.8) is 0 Å². The molecule has 0 aliphatic rings. The standard InChI is InChI=1S/C16H14O2/c17-16(18)11-10-13-6-8-15(9-7-13)12-14-4-2-1-3-5-14/h1-11H,12H2,(H,17,18). The molecule has 0 fully saturated rings. The van der Waals surface area contributed by atoms with E-state index >= 15 is 0 Å². The summed E-state index contributed by atoms with van der Waals surface area (Å²) >= 11 is 0. The van der Waals surface area contributed by atoms with Crippen LogP contribution in [-0.2, 0) is 11.2 Å². The fourth-order valence-electron chi connectivity index (χ4n) is 1.75. The van der Waals surface area contributed by atoms with Gasteiger partial charge in [-0.1, -0.05) is 54.6 Å². The van der Waals surface area contributed by atoms with Crippen LogP contribution in [0, 0.1) is 0 Å². The molecule has 0 saturated carbocycles. The minimum Gasteiger partial charge on any atom is -0.478 e.